The SMILES string of the molecule is CCCCN(C1CC1)S(=O)(=O)c1[nH]ncc1CNCC. The van der Waals surface area contributed by atoms with Crippen molar-refractivity contribution in [3.8, 4) is 0 Å². The van der Waals surface area contributed by atoms with E-state index >= 15 is 0 Å². The average Bonchev–Trinajstić information content (AvgIpc) is 3.13. The van der Waals surface area contributed by atoms with Gasteiger partial charge in [0.05, 0.1) is 6.20 Å². The Hall–Kier alpha value is -0.920. The van der Waals surface area contributed by atoms with Gasteiger partial charge in [0.15, 0.2) is 5.03 Å². The minimum absolute atomic E-state index is 0.182. The van der Waals surface area contributed by atoms with Gasteiger partial charge in [0.2, 0.25) is 0 Å². The van der Waals surface area contributed by atoms with Crippen molar-refractivity contribution >= 4 is 10.0 Å². The van der Waals surface area contributed by atoms with Gasteiger partial charge in [-0.1, -0.05) is 20.3 Å². The standard InChI is InChI=1S/C13H24N4O2S/c1-3-5-8-17(12-6-7-12)20(18,19)13-11(9-14-4-2)10-15-16-13/h10,12,14H,3-9H2,1-2H3,(H,15,16). The van der Waals surface area contributed by atoms with Gasteiger partial charge in [0.25, 0.3) is 10.0 Å². The maximum absolute atomic E-state index is 12.8. The topological polar surface area (TPSA) is 78.1 Å². The molecule has 0 radical (unpaired) electrons. The highest BCUT2D eigenvalue weighted by molar-refractivity contribution is 7.89. The summed E-state index contributed by atoms with van der Waals surface area (Å²) in [6.45, 7) is 5.99. The van der Waals surface area contributed by atoms with Crippen LogP contribution in [0.2, 0.25) is 0 Å². The molecular weight excluding hydrogens is 276 g/mol. The zero-order valence-electron chi connectivity index (χ0n) is 12.2. The van der Waals surface area contributed by atoms with Crippen LogP contribution in [-0.2, 0) is 16.6 Å². The van der Waals surface area contributed by atoms with Gasteiger partial charge < -0.3 is 5.32 Å². The summed E-state index contributed by atoms with van der Waals surface area (Å²) in [5, 5.41) is 9.99. The molecule has 0 amide bonds. The van der Waals surface area contributed by atoms with Crippen LogP contribution in [0.1, 0.15) is 45.1 Å². The Kier molecular flexibility index (Phi) is 5.17. The number of nitrogens with zero attached hydrogens (tertiary/aromatic N) is 2. The number of hydrogen-bond acceptors (Lipinski definition) is 4. The van der Waals surface area contributed by atoms with Crippen molar-refractivity contribution in [3.05, 3.63) is 11.8 Å². The molecular formula is C13H24N4O2S. The number of sulfonamides is 1. The second-order valence-electron chi connectivity index (χ2n) is 5.21. The Morgan fingerprint density at radius 3 is 2.80 bits per heavy atom. The molecule has 2 rings (SSSR count). The Morgan fingerprint density at radius 1 is 1.45 bits per heavy atom. The second-order valence-corrected chi connectivity index (χ2v) is 7.03. The summed E-state index contributed by atoms with van der Waals surface area (Å²) >= 11 is 0. The summed E-state index contributed by atoms with van der Waals surface area (Å²) in [5.74, 6) is 0. The third-order valence-electron chi connectivity index (χ3n) is 3.50. The molecule has 1 aromatic heterocycles. The van der Waals surface area contributed by atoms with Crippen molar-refractivity contribution < 1.29 is 8.42 Å². The summed E-state index contributed by atoms with van der Waals surface area (Å²) in [6, 6.07) is 0.182. The van der Waals surface area contributed by atoms with E-state index < -0.39 is 10.0 Å². The van der Waals surface area contributed by atoms with E-state index in [1.807, 2.05) is 6.92 Å². The lowest BCUT2D eigenvalue weighted by molar-refractivity contribution is 0.393. The Morgan fingerprint density at radius 2 is 2.20 bits per heavy atom. The van der Waals surface area contributed by atoms with Crippen LogP contribution in [-0.4, -0.2) is 42.1 Å². The van der Waals surface area contributed by atoms with Crippen LogP contribution >= 0.6 is 0 Å². The summed E-state index contributed by atoms with van der Waals surface area (Å²) in [7, 11) is -3.45. The predicted molar refractivity (Wildman–Crippen MR) is 77.8 cm³/mol. The van der Waals surface area contributed by atoms with Crippen molar-refractivity contribution in [1.29, 1.82) is 0 Å². The maximum Gasteiger partial charge on any atom is 0.260 e. The van der Waals surface area contributed by atoms with Crippen LogP contribution in [0.15, 0.2) is 11.2 Å². The van der Waals surface area contributed by atoms with Crippen LogP contribution in [0.3, 0.4) is 0 Å². The van der Waals surface area contributed by atoms with E-state index in [2.05, 4.69) is 22.4 Å². The molecule has 1 heterocycles. The van der Waals surface area contributed by atoms with Crippen LogP contribution in [0.5, 0.6) is 0 Å². The minimum Gasteiger partial charge on any atom is -0.313 e. The molecule has 0 spiro atoms. The molecule has 20 heavy (non-hydrogen) atoms. The molecule has 0 atom stereocenters. The highest BCUT2D eigenvalue weighted by Crippen LogP contribution is 2.32. The van der Waals surface area contributed by atoms with Gasteiger partial charge in [-0.2, -0.15) is 9.40 Å². The maximum atomic E-state index is 12.8. The monoisotopic (exact) mass is 300 g/mol. The molecule has 1 fully saturated rings. The van der Waals surface area contributed by atoms with E-state index in [1.54, 1.807) is 10.5 Å². The smallest absolute Gasteiger partial charge is 0.260 e. The van der Waals surface area contributed by atoms with Crippen molar-refractivity contribution in [3.63, 3.8) is 0 Å². The van der Waals surface area contributed by atoms with Crippen molar-refractivity contribution in [2.75, 3.05) is 13.1 Å². The minimum atomic E-state index is -3.45. The number of aromatic nitrogens is 2. The molecule has 7 heteroatoms. The number of hydrogen-bond donors (Lipinski definition) is 2. The highest BCUT2D eigenvalue weighted by Gasteiger charge is 2.39. The normalized spacial score (nSPS) is 15.9. The summed E-state index contributed by atoms with van der Waals surface area (Å²) in [5.41, 5.74) is 0.717. The van der Waals surface area contributed by atoms with Gasteiger partial charge in [-0.05, 0) is 25.8 Å². The molecule has 114 valence electrons. The predicted octanol–water partition coefficient (Wildman–Crippen LogP) is 1.47. The first-order chi connectivity index (χ1) is 9.61. The van der Waals surface area contributed by atoms with Crippen LogP contribution in [0, 0.1) is 0 Å². The number of H-pyrrole nitrogens is 1. The van der Waals surface area contributed by atoms with Crippen LogP contribution < -0.4 is 5.32 Å². The Balaban J connectivity index is 2.21. The number of nitrogens with one attached hydrogen (secondary N) is 2. The lowest BCUT2D eigenvalue weighted by atomic mass is 10.3. The van der Waals surface area contributed by atoms with E-state index in [-0.39, 0.29) is 11.1 Å². The van der Waals surface area contributed by atoms with Gasteiger partial charge in [-0.3, -0.25) is 5.10 Å². The highest BCUT2D eigenvalue weighted by atomic mass is 32.2. The first kappa shape index (κ1) is 15.5. The molecule has 1 aliphatic rings. The molecule has 0 aromatic carbocycles. The Bertz CT molecular complexity index is 522. The lowest BCUT2D eigenvalue weighted by Gasteiger charge is -2.21. The third-order valence-corrected chi connectivity index (χ3v) is 5.46. The second kappa shape index (κ2) is 6.69. The van der Waals surface area contributed by atoms with E-state index in [0.717, 1.165) is 32.2 Å². The fraction of sp³-hybridized carbons (Fsp3) is 0.769. The molecule has 0 bridgehead atoms. The van der Waals surface area contributed by atoms with Gasteiger partial charge in [0.1, 0.15) is 0 Å². The quantitative estimate of drug-likeness (QED) is 0.724. The largest absolute Gasteiger partial charge is 0.313 e. The zero-order chi connectivity index (χ0) is 14.6. The van der Waals surface area contributed by atoms with Gasteiger partial charge in [-0.15, -0.1) is 0 Å². The van der Waals surface area contributed by atoms with Crippen molar-refractivity contribution in [2.24, 2.45) is 0 Å². The molecule has 1 aromatic rings. The third kappa shape index (κ3) is 3.39. The fourth-order valence-electron chi connectivity index (χ4n) is 2.20. The molecule has 2 N–H and O–H groups in total. The zero-order valence-corrected chi connectivity index (χ0v) is 13.0. The van der Waals surface area contributed by atoms with Gasteiger partial charge in [0, 0.05) is 24.7 Å². The fourth-order valence-corrected chi connectivity index (χ4v) is 4.03. The number of rotatable bonds is 9. The van der Waals surface area contributed by atoms with Crippen molar-refractivity contribution in [2.45, 2.75) is 57.1 Å². The van der Waals surface area contributed by atoms with E-state index in [9.17, 15) is 8.42 Å². The van der Waals surface area contributed by atoms with Crippen molar-refractivity contribution in [1.82, 2.24) is 19.8 Å². The molecule has 0 saturated heterocycles. The molecule has 6 nitrogen and oxygen atoms in total. The first-order valence-electron chi connectivity index (χ1n) is 7.36. The summed E-state index contributed by atoms with van der Waals surface area (Å²) in [6.07, 6.45) is 5.43. The molecule has 0 aliphatic heterocycles. The summed E-state index contributed by atoms with van der Waals surface area (Å²) < 4.78 is 27.2. The van der Waals surface area contributed by atoms with Gasteiger partial charge in [-0.25, -0.2) is 8.42 Å². The molecule has 1 aliphatic carbocycles. The van der Waals surface area contributed by atoms with E-state index in [4.69, 9.17) is 0 Å². The number of unbranched alkanes of at least 4 members (excludes halogenated alkanes) is 1. The van der Waals surface area contributed by atoms with E-state index in [0.29, 0.717) is 18.7 Å². The Labute approximate surface area is 121 Å². The molecule has 1 saturated carbocycles. The van der Waals surface area contributed by atoms with Crippen LogP contribution in [0.4, 0.5) is 0 Å². The van der Waals surface area contributed by atoms with E-state index in [1.165, 1.54) is 0 Å². The first-order valence-corrected chi connectivity index (χ1v) is 8.80. The summed E-state index contributed by atoms with van der Waals surface area (Å²) in [4.78, 5) is 0. The van der Waals surface area contributed by atoms with Gasteiger partial charge >= 0.3 is 0 Å². The van der Waals surface area contributed by atoms with Crippen LogP contribution in [0.25, 0.3) is 0 Å². The average molecular weight is 300 g/mol. The lowest BCUT2D eigenvalue weighted by Crippen LogP contribution is -2.35. The number of aromatic amines is 1. The molecule has 0 unspecified atom stereocenters.